The molecular formula is C18H15NO4S2. The molecule has 1 amide bonds. The summed E-state index contributed by atoms with van der Waals surface area (Å²) in [6.07, 6.45) is 1.59. The van der Waals surface area contributed by atoms with Gasteiger partial charge in [-0.25, -0.2) is 4.79 Å². The fraction of sp³-hybridized carbons (Fsp3) is 0.167. The molecule has 3 rings (SSSR count). The van der Waals surface area contributed by atoms with Crippen molar-refractivity contribution in [1.82, 2.24) is 4.90 Å². The lowest BCUT2D eigenvalue weighted by Crippen LogP contribution is -2.41. The second-order valence-corrected chi connectivity index (χ2v) is 7.31. The normalized spacial score (nSPS) is 17.4. The van der Waals surface area contributed by atoms with Gasteiger partial charge in [0, 0.05) is 11.6 Å². The summed E-state index contributed by atoms with van der Waals surface area (Å²) in [6.45, 7) is 3.44. The minimum Gasteiger partial charge on any atom is -0.480 e. The van der Waals surface area contributed by atoms with Gasteiger partial charge in [-0.3, -0.25) is 9.69 Å². The summed E-state index contributed by atoms with van der Waals surface area (Å²) in [5.74, 6) is -0.310. The summed E-state index contributed by atoms with van der Waals surface area (Å²) in [4.78, 5) is 25.0. The van der Waals surface area contributed by atoms with Gasteiger partial charge >= 0.3 is 5.97 Å². The Hall–Kier alpha value is -2.38. The van der Waals surface area contributed by atoms with Gasteiger partial charge in [0.05, 0.1) is 4.91 Å². The standard InChI is InChI=1S/C18H15NO4S2/c1-10-3-5-12(6-4-10)14-8-7-13(23-14)9-15-16(20)19(18(24)25-15)11(2)17(21)22/h3-9,11H,1-2H3,(H,21,22)/b15-9-/t11-/m0/s1. The van der Waals surface area contributed by atoms with Gasteiger partial charge in [0.2, 0.25) is 0 Å². The summed E-state index contributed by atoms with van der Waals surface area (Å²) in [5, 5.41) is 9.10. The van der Waals surface area contributed by atoms with Crippen molar-refractivity contribution in [2.75, 3.05) is 0 Å². The number of carboxylic acids is 1. The lowest BCUT2D eigenvalue weighted by Gasteiger charge is -2.18. The van der Waals surface area contributed by atoms with Crippen molar-refractivity contribution in [3.8, 4) is 11.3 Å². The number of furan rings is 1. The highest BCUT2D eigenvalue weighted by molar-refractivity contribution is 8.26. The summed E-state index contributed by atoms with van der Waals surface area (Å²) in [7, 11) is 0. The van der Waals surface area contributed by atoms with Gasteiger partial charge in [-0.05, 0) is 26.0 Å². The quantitative estimate of drug-likeness (QED) is 0.647. The van der Waals surface area contributed by atoms with E-state index in [1.807, 2.05) is 37.3 Å². The average Bonchev–Trinajstić information content (AvgIpc) is 3.13. The number of rotatable bonds is 4. The first-order valence-corrected chi connectivity index (χ1v) is 8.76. The molecule has 5 nitrogen and oxygen atoms in total. The van der Waals surface area contributed by atoms with E-state index in [2.05, 4.69) is 0 Å². The van der Waals surface area contributed by atoms with Crippen LogP contribution in [0.5, 0.6) is 0 Å². The predicted octanol–water partition coefficient (Wildman–Crippen LogP) is 3.93. The topological polar surface area (TPSA) is 70.8 Å². The van der Waals surface area contributed by atoms with E-state index in [0.29, 0.717) is 16.4 Å². The first-order valence-electron chi connectivity index (χ1n) is 7.53. The monoisotopic (exact) mass is 373 g/mol. The highest BCUT2D eigenvalue weighted by Crippen LogP contribution is 2.34. The maximum absolute atomic E-state index is 12.4. The van der Waals surface area contributed by atoms with Gasteiger partial charge < -0.3 is 9.52 Å². The Kier molecular flexibility index (Phi) is 4.78. The van der Waals surface area contributed by atoms with Crippen molar-refractivity contribution in [3.05, 3.63) is 52.6 Å². The summed E-state index contributed by atoms with van der Waals surface area (Å²) >= 11 is 6.21. The van der Waals surface area contributed by atoms with Crippen molar-refractivity contribution in [1.29, 1.82) is 0 Å². The van der Waals surface area contributed by atoms with Crippen molar-refractivity contribution < 1.29 is 19.1 Å². The zero-order valence-corrected chi connectivity index (χ0v) is 15.2. The molecule has 1 saturated heterocycles. The lowest BCUT2D eigenvalue weighted by molar-refractivity contribution is -0.144. The van der Waals surface area contributed by atoms with Crippen molar-refractivity contribution in [2.24, 2.45) is 0 Å². The van der Waals surface area contributed by atoms with E-state index in [4.69, 9.17) is 21.7 Å². The van der Waals surface area contributed by atoms with Crippen LogP contribution in [-0.4, -0.2) is 32.2 Å². The largest absolute Gasteiger partial charge is 0.480 e. The number of carbonyl (C=O) groups is 2. The van der Waals surface area contributed by atoms with Gasteiger partial charge in [-0.15, -0.1) is 0 Å². The van der Waals surface area contributed by atoms with Crippen LogP contribution in [0.15, 0.2) is 45.7 Å². The number of carboxylic acid groups (broad SMARTS) is 1. The molecule has 1 aliphatic rings. The molecule has 0 aliphatic carbocycles. The Morgan fingerprint density at radius 1 is 1.28 bits per heavy atom. The SMILES string of the molecule is Cc1ccc(-c2ccc(/C=C3\SC(=S)N([C@@H](C)C(=O)O)C3=O)o2)cc1. The molecular weight excluding hydrogens is 358 g/mol. The fourth-order valence-corrected chi connectivity index (χ4v) is 3.76. The van der Waals surface area contributed by atoms with Crippen molar-refractivity contribution in [3.63, 3.8) is 0 Å². The number of thioether (sulfide) groups is 1. The Balaban J connectivity index is 1.84. The predicted molar refractivity (Wildman–Crippen MR) is 101 cm³/mol. The molecule has 7 heteroatoms. The summed E-state index contributed by atoms with van der Waals surface area (Å²) in [5.41, 5.74) is 2.10. The van der Waals surface area contributed by atoms with E-state index < -0.39 is 17.9 Å². The van der Waals surface area contributed by atoms with E-state index in [0.717, 1.165) is 27.8 Å². The van der Waals surface area contributed by atoms with Crippen molar-refractivity contribution >= 4 is 46.3 Å². The first-order chi connectivity index (χ1) is 11.9. The van der Waals surface area contributed by atoms with Gasteiger partial charge in [-0.2, -0.15) is 0 Å². The number of hydrogen-bond donors (Lipinski definition) is 1. The molecule has 1 N–H and O–H groups in total. The smallest absolute Gasteiger partial charge is 0.326 e. The summed E-state index contributed by atoms with van der Waals surface area (Å²) < 4.78 is 6.01. The van der Waals surface area contributed by atoms with Gasteiger partial charge in [0.1, 0.15) is 21.9 Å². The highest BCUT2D eigenvalue weighted by Gasteiger charge is 2.38. The number of carbonyl (C=O) groups excluding carboxylic acids is 1. The van der Waals surface area contributed by atoms with Crippen LogP contribution in [0.3, 0.4) is 0 Å². The Morgan fingerprint density at radius 2 is 1.96 bits per heavy atom. The van der Waals surface area contributed by atoms with Crippen LogP contribution < -0.4 is 0 Å². The number of aryl methyl sites for hydroxylation is 1. The number of benzene rings is 1. The molecule has 0 unspecified atom stereocenters. The molecule has 2 aromatic rings. The molecule has 0 radical (unpaired) electrons. The van der Waals surface area contributed by atoms with Crippen LogP contribution in [0.1, 0.15) is 18.2 Å². The minimum absolute atomic E-state index is 0.233. The molecule has 2 heterocycles. The average molecular weight is 373 g/mol. The van der Waals surface area contributed by atoms with Crippen LogP contribution >= 0.6 is 24.0 Å². The third-order valence-corrected chi connectivity index (χ3v) is 5.13. The third-order valence-electron chi connectivity index (χ3n) is 3.80. The second kappa shape index (κ2) is 6.85. The van der Waals surface area contributed by atoms with E-state index in [1.165, 1.54) is 6.92 Å². The molecule has 1 aliphatic heterocycles. The van der Waals surface area contributed by atoms with Crippen LogP contribution in [0.25, 0.3) is 17.4 Å². The minimum atomic E-state index is -1.10. The molecule has 0 bridgehead atoms. The number of nitrogens with zero attached hydrogens (tertiary/aromatic N) is 1. The van der Waals surface area contributed by atoms with Gasteiger partial charge in [-0.1, -0.05) is 53.8 Å². The molecule has 0 saturated carbocycles. The molecule has 1 fully saturated rings. The van der Waals surface area contributed by atoms with E-state index >= 15 is 0 Å². The first kappa shape index (κ1) is 17.4. The fourth-order valence-electron chi connectivity index (χ4n) is 2.36. The molecule has 25 heavy (non-hydrogen) atoms. The van der Waals surface area contributed by atoms with E-state index in [9.17, 15) is 9.59 Å². The zero-order chi connectivity index (χ0) is 18.1. The number of hydrogen-bond acceptors (Lipinski definition) is 5. The Bertz CT molecular complexity index is 883. The van der Waals surface area contributed by atoms with Crippen LogP contribution in [0.4, 0.5) is 0 Å². The maximum atomic E-state index is 12.4. The Morgan fingerprint density at radius 3 is 2.60 bits per heavy atom. The highest BCUT2D eigenvalue weighted by atomic mass is 32.2. The summed E-state index contributed by atoms with van der Waals surface area (Å²) in [6, 6.07) is 10.5. The van der Waals surface area contributed by atoms with Crippen LogP contribution in [-0.2, 0) is 9.59 Å². The molecule has 0 spiro atoms. The van der Waals surface area contributed by atoms with Gasteiger partial charge in [0.15, 0.2) is 0 Å². The Labute approximate surface area is 154 Å². The molecule has 1 atom stereocenters. The number of amides is 1. The van der Waals surface area contributed by atoms with Crippen LogP contribution in [0.2, 0.25) is 0 Å². The van der Waals surface area contributed by atoms with Gasteiger partial charge in [0.25, 0.3) is 5.91 Å². The number of aliphatic carboxylic acids is 1. The zero-order valence-electron chi connectivity index (χ0n) is 13.6. The maximum Gasteiger partial charge on any atom is 0.326 e. The van der Waals surface area contributed by atoms with Crippen molar-refractivity contribution in [2.45, 2.75) is 19.9 Å². The molecule has 128 valence electrons. The molecule has 1 aromatic heterocycles. The number of thiocarbonyl (C=S) groups is 1. The van der Waals surface area contributed by atoms with Crippen LogP contribution in [0, 0.1) is 6.92 Å². The molecule has 1 aromatic carbocycles. The van der Waals surface area contributed by atoms with E-state index in [1.54, 1.807) is 12.1 Å². The third kappa shape index (κ3) is 3.52. The lowest BCUT2D eigenvalue weighted by atomic mass is 10.1. The van der Waals surface area contributed by atoms with E-state index in [-0.39, 0.29) is 4.32 Å². The second-order valence-electron chi connectivity index (χ2n) is 5.63.